The zero-order chi connectivity index (χ0) is 12.3. The molecule has 1 heterocycles. The van der Waals surface area contributed by atoms with Crippen LogP contribution < -0.4 is 5.32 Å². The molecule has 0 amide bonds. The van der Waals surface area contributed by atoms with Crippen LogP contribution in [0.15, 0.2) is 18.5 Å². The quantitative estimate of drug-likeness (QED) is 0.872. The largest absolute Gasteiger partial charge is 0.306 e. The van der Waals surface area contributed by atoms with Crippen molar-refractivity contribution in [3.05, 3.63) is 29.8 Å². The third kappa shape index (κ3) is 2.80. The van der Waals surface area contributed by atoms with Gasteiger partial charge in [0.25, 0.3) is 0 Å². The van der Waals surface area contributed by atoms with E-state index in [1.54, 1.807) is 6.20 Å². The van der Waals surface area contributed by atoms with Crippen LogP contribution in [0, 0.1) is 23.1 Å². The van der Waals surface area contributed by atoms with Crippen molar-refractivity contribution in [1.29, 1.82) is 5.26 Å². The van der Waals surface area contributed by atoms with E-state index in [0.29, 0.717) is 0 Å². The minimum atomic E-state index is -0.320. The number of nitriles is 1. The first-order valence-corrected chi connectivity index (χ1v) is 5.97. The lowest BCUT2D eigenvalue weighted by molar-refractivity contribution is 0.416. The standard InChI is InChI=1S/C13H16FN3/c1-9(11-5-12(14)8-16-7-11)17-13-4-2-3-10(13)6-15/h5,7-10,13,17H,2-4H2,1H3. The molecule has 0 bridgehead atoms. The van der Waals surface area contributed by atoms with Crippen molar-refractivity contribution in [2.75, 3.05) is 0 Å². The van der Waals surface area contributed by atoms with Gasteiger partial charge >= 0.3 is 0 Å². The molecule has 0 spiro atoms. The van der Waals surface area contributed by atoms with Gasteiger partial charge in [0, 0.05) is 18.3 Å². The van der Waals surface area contributed by atoms with Gasteiger partial charge in [-0.15, -0.1) is 0 Å². The summed E-state index contributed by atoms with van der Waals surface area (Å²) in [5.41, 5.74) is 0.827. The summed E-state index contributed by atoms with van der Waals surface area (Å²) in [5.74, 6) is -0.238. The molecule has 1 aliphatic rings. The van der Waals surface area contributed by atoms with Gasteiger partial charge < -0.3 is 5.32 Å². The second-order valence-electron chi connectivity index (χ2n) is 4.60. The molecule has 3 nitrogen and oxygen atoms in total. The number of hydrogen-bond donors (Lipinski definition) is 1. The fourth-order valence-corrected chi connectivity index (χ4v) is 2.40. The second kappa shape index (κ2) is 5.24. The molecule has 0 aromatic carbocycles. The molecule has 90 valence electrons. The van der Waals surface area contributed by atoms with E-state index in [4.69, 9.17) is 5.26 Å². The van der Waals surface area contributed by atoms with Gasteiger partial charge in [-0.25, -0.2) is 4.39 Å². The first-order chi connectivity index (χ1) is 8.20. The van der Waals surface area contributed by atoms with Gasteiger partial charge in [0.05, 0.1) is 18.2 Å². The Morgan fingerprint density at radius 1 is 1.53 bits per heavy atom. The SMILES string of the molecule is CC(NC1CCCC1C#N)c1cncc(F)c1. The predicted octanol–water partition coefficient (Wildman–Crippen LogP) is 2.56. The van der Waals surface area contributed by atoms with Crippen LogP contribution in [0.3, 0.4) is 0 Å². The molecule has 1 aromatic rings. The molecule has 3 atom stereocenters. The van der Waals surface area contributed by atoms with Gasteiger partial charge in [-0.1, -0.05) is 6.42 Å². The van der Waals surface area contributed by atoms with E-state index < -0.39 is 0 Å². The van der Waals surface area contributed by atoms with E-state index >= 15 is 0 Å². The van der Waals surface area contributed by atoms with Gasteiger partial charge in [-0.3, -0.25) is 4.98 Å². The number of hydrogen-bond acceptors (Lipinski definition) is 3. The summed E-state index contributed by atoms with van der Waals surface area (Å²) in [6.07, 6.45) is 5.93. The van der Waals surface area contributed by atoms with Gasteiger partial charge in [0.15, 0.2) is 0 Å². The Morgan fingerprint density at radius 3 is 3.06 bits per heavy atom. The number of rotatable bonds is 3. The molecule has 4 heteroatoms. The lowest BCUT2D eigenvalue weighted by Crippen LogP contribution is -2.34. The fraction of sp³-hybridized carbons (Fsp3) is 0.538. The third-order valence-corrected chi connectivity index (χ3v) is 3.37. The molecular formula is C13H16FN3. The number of nitrogens with one attached hydrogen (secondary N) is 1. The Kier molecular flexibility index (Phi) is 3.70. The molecule has 1 aromatic heterocycles. The van der Waals surface area contributed by atoms with Crippen LogP contribution in [-0.4, -0.2) is 11.0 Å². The van der Waals surface area contributed by atoms with Gasteiger partial charge in [0.1, 0.15) is 5.82 Å². The fourth-order valence-electron chi connectivity index (χ4n) is 2.40. The molecule has 1 N–H and O–H groups in total. The van der Waals surface area contributed by atoms with Crippen LogP contribution in [0.5, 0.6) is 0 Å². The highest BCUT2D eigenvalue weighted by molar-refractivity contribution is 5.15. The summed E-state index contributed by atoms with van der Waals surface area (Å²) in [7, 11) is 0. The van der Waals surface area contributed by atoms with Crippen molar-refractivity contribution in [2.24, 2.45) is 5.92 Å². The molecule has 0 aliphatic heterocycles. The molecule has 17 heavy (non-hydrogen) atoms. The van der Waals surface area contributed by atoms with E-state index in [1.165, 1.54) is 12.3 Å². The van der Waals surface area contributed by atoms with Crippen LogP contribution in [0.2, 0.25) is 0 Å². The van der Waals surface area contributed by atoms with E-state index in [2.05, 4.69) is 16.4 Å². The Labute approximate surface area is 101 Å². The van der Waals surface area contributed by atoms with E-state index in [1.807, 2.05) is 6.92 Å². The van der Waals surface area contributed by atoms with E-state index in [9.17, 15) is 4.39 Å². The van der Waals surface area contributed by atoms with E-state index in [-0.39, 0.29) is 23.8 Å². The number of aromatic nitrogens is 1. The molecule has 0 radical (unpaired) electrons. The van der Waals surface area contributed by atoms with Gasteiger partial charge in [-0.2, -0.15) is 5.26 Å². The van der Waals surface area contributed by atoms with Crippen molar-refractivity contribution < 1.29 is 4.39 Å². The lowest BCUT2D eigenvalue weighted by Gasteiger charge is -2.21. The van der Waals surface area contributed by atoms with Gasteiger partial charge in [0.2, 0.25) is 0 Å². The van der Waals surface area contributed by atoms with Crippen molar-refractivity contribution in [1.82, 2.24) is 10.3 Å². The Morgan fingerprint density at radius 2 is 2.35 bits per heavy atom. The maximum Gasteiger partial charge on any atom is 0.141 e. The first kappa shape index (κ1) is 12.0. The summed E-state index contributed by atoms with van der Waals surface area (Å²) < 4.78 is 13.0. The monoisotopic (exact) mass is 233 g/mol. The van der Waals surface area contributed by atoms with Crippen LogP contribution in [0.4, 0.5) is 4.39 Å². The third-order valence-electron chi connectivity index (χ3n) is 3.37. The molecule has 0 saturated heterocycles. The summed E-state index contributed by atoms with van der Waals surface area (Å²) in [5, 5.41) is 12.4. The highest BCUT2D eigenvalue weighted by Crippen LogP contribution is 2.27. The Balaban J connectivity index is 2.02. The first-order valence-electron chi connectivity index (χ1n) is 5.97. The minimum Gasteiger partial charge on any atom is -0.306 e. The zero-order valence-corrected chi connectivity index (χ0v) is 9.86. The van der Waals surface area contributed by atoms with Crippen molar-refractivity contribution in [3.63, 3.8) is 0 Å². The normalized spacial score (nSPS) is 25.5. The van der Waals surface area contributed by atoms with Gasteiger partial charge in [-0.05, 0) is 31.4 Å². The summed E-state index contributed by atoms with van der Waals surface area (Å²) in [4.78, 5) is 3.84. The summed E-state index contributed by atoms with van der Waals surface area (Å²) >= 11 is 0. The smallest absolute Gasteiger partial charge is 0.141 e. The summed E-state index contributed by atoms with van der Waals surface area (Å²) in [6, 6.07) is 4.06. The van der Waals surface area contributed by atoms with Crippen molar-refractivity contribution >= 4 is 0 Å². The average Bonchev–Trinajstić information content (AvgIpc) is 2.76. The highest BCUT2D eigenvalue weighted by atomic mass is 19.1. The maximum atomic E-state index is 13.0. The molecule has 1 aliphatic carbocycles. The molecule has 3 unspecified atom stereocenters. The number of nitrogens with zero attached hydrogens (tertiary/aromatic N) is 2. The molecule has 1 saturated carbocycles. The molecule has 2 rings (SSSR count). The second-order valence-corrected chi connectivity index (χ2v) is 4.60. The molecular weight excluding hydrogens is 217 g/mol. The van der Waals surface area contributed by atoms with Crippen LogP contribution >= 0.6 is 0 Å². The lowest BCUT2D eigenvalue weighted by atomic mass is 10.0. The predicted molar refractivity (Wildman–Crippen MR) is 62.5 cm³/mol. The average molecular weight is 233 g/mol. The molecule has 1 fully saturated rings. The maximum absolute atomic E-state index is 13.0. The topological polar surface area (TPSA) is 48.7 Å². The number of pyridine rings is 1. The van der Waals surface area contributed by atoms with Crippen molar-refractivity contribution in [3.8, 4) is 6.07 Å². The zero-order valence-electron chi connectivity index (χ0n) is 9.86. The highest BCUT2D eigenvalue weighted by Gasteiger charge is 2.28. The number of halogens is 1. The van der Waals surface area contributed by atoms with Crippen molar-refractivity contribution in [2.45, 2.75) is 38.3 Å². The minimum absolute atomic E-state index is 0.0251. The van der Waals surface area contributed by atoms with Crippen LogP contribution in [0.25, 0.3) is 0 Å². The van der Waals surface area contributed by atoms with E-state index in [0.717, 1.165) is 24.8 Å². The Bertz CT molecular complexity index is 427. The summed E-state index contributed by atoms with van der Waals surface area (Å²) in [6.45, 7) is 1.98. The van der Waals surface area contributed by atoms with Crippen LogP contribution in [-0.2, 0) is 0 Å². The Hall–Kier alpha value is -1.47. The van der Waals surface area contributed by atoms with Crippen LogP contribution in [0.1, 0.15) is 37.8 Å².